The fourth-order valence-corrected chi connectivity index (χ4v) is 2.92. The molecule has 0 atom stereocenters. The van der Waals surface area contributed by atoms with Crippen molar-refractivity contribution in [2.24, 2.45) is 5.73 Å². The standard InChI is InChI=1S/C16H16BrN3O/c1-21-15-6-5-12(17)8-11(15)9-14-13(10-18)19-16-4-2-3-7-20(14)16/h2-8H,9-10,18H2,1H3. The fraction of sp³-hybridized carbons (Fsp3) is 0.188. The molecule has 0 aliphatic heterocycles. The summed E-state index contributed by atoms with van der Waals surface area (Å²) in [6.45, 7) is 0.424. The highest BCUT2D eigenvalue weighted by atomic mass is 79.9. The minimum Gasteiger partial charge on any atom is -0.496 e. The van der Waals surface area contributed by atoms with Crippen molar-refractivity contribution in [3.05, 3.63) is 64.0 Å². The third kappa shape index (κ3) is 2.66. The van der Waals surface area contributed by atoms with Gasteiger partial charge in [-0.15, -0.1) is 0 Å². The van der Waals surface area contributed by atoms with Gasteiger partial charge in [-0.3, -0.25) is 0 Å². The molecule has 0 radical (unpaired) electrons. The molecule has 21 heavy (non-hydrogen) atoms. The molecule has 3 aromatic rings. The monoisotopic (exact) mass is 345 g/mol. The zero-order valence-corrected chi connectivity index (χ0v) is 13.3. The smallest absolute Gasteiger partial charge is 0.137 e. The molecule has 1 aromatic carbocycles. The molecule has 5 heteroatoms. The third-order valence-corrected chi connectivity index (χ3v) is 4.00. The van der Waals surface area contributed by atoms with Gasteiger partial charge in [0.1, 0.15) is 11.4 Å². The number of pyridine rings is 1. The number of halogens is 1. The molecule has 0 bridgehead atoms. The van der Waals surface area contributed by atoms with Crippen molar-refractivity contribution < 1.29 is 4.74 Å². The van der Waals surface area contributed by atoms with Crippen LogP contribution in [0.1, 0.15) is 17.0 Å². The first-order valence-electron chi connectivity index (χ1n) is 6.70. The van der Waals surface area contributed by atoms with Crippen molar-refractivity contribution in [1.82, 2.24) is 9.38 Å². The first-order valence-corrected chi connectivity index (χ1v) is 7.49. The van der Waals surface area contributed by atoms with Gasteiger partial charge in [0, 0.05) is 29.2 Å². The number of nitrogens with two attached hydrogens (primary N) is 1. The van der Waals surface area contributed by atoms with Crippen molar-refractivity contribution in [2.45, 2.75) is 13.0 Å². The van der Waals surface area contributed by atoms with Crippen LogP contribution in [0.2, 0.25) is 0 Å². The van der Waals surface area contributed by atoms with Crippen LogP contribution in [0.5, 0.6) is 5.75 Å². The highest BCUT2D eigenvalue weighted by molar-refractivity contribution is 9.10. The summed E-state index contributed by atoms with van der Waals surface area (Å²) in [6, 6.07) is 12.0. The Morgan fingerprint density at radius 3 is 2.90 bits per heavy atom. The molecule has 0 spiro atoms. The molecule has 0 aliphatic carbocycles. The summed E-state index contributed by atoms with van der Waals surface area (Å²) >= 11 is 3.51. The summed E-state index contributed by atoms with van der Waals surface area (Å²) in [5, 5.41) is 0. The van der Waals surface area contributed by atoms with Crippen molar-refractivity contribution in [3.63, 3.8) is 0 Å². The Kier molecular flexibility index (Phi) is 3.94. The van der Waals surface area contributed by atoms with Crippen molar-refractivity contribution in [3.8, 4) is 5.75 Å². The maximum Gasteiger partial charge on any atom is 0.137 e. The number of hydrogen-bond donors (Lipinski definition) is 1. The van der Waals surface area contributed by atoms with Gasteiger partial charge in [-0.1, -0.05) is 22.0 Å². The maximum absolute atomic E-state index is 5.85. The molecule has 0 saturated carbocycles. The number of imidazole rings is 1. The molecule has 0 amide bonds. The van der Waals surface area contributed by atoms with E-state index < -0.39 is 0 Å². The van der Waals surface area contributed by atoms with Crippen LogP contribution in [0.3, 0.4) is 0 Å². The van der Waals surface area contributed by atoms with E-state index in [0.29, 0.717) is 6.54 Å². The van der Waals surface area contributed by atoms with Crippen LogP contribution in [-0.2, 0) is 13.0 Å². The summed E-state index contributed by atoms with van der Waals surface area (Å²) in [6.07, 6.45) is 2.74. The molecule has 0 saturated heterocycles. The molecule has 2 heterocycles. The van der Waals surface area contributed by atoms with E-state index in [9.17, 15) is 0 Å². The number of nitrogens with zero attached hydrogens (tertiary/aromatic N) is 2. The lowest BCUT2D eigenvalue weighted by atomic mass is 10.1. The normalized spacial score (nSPS) is 11.0. The van der Waals surface area contributed by atoms with Crippen LogP contribution < -0.4 is 10.5 Å². The molecule has 2 aromatic heterocycles. The summed E-state index contributed by atoms with van der Waals surface area (Å²) in [5.74, 6) is 0.868. The maximum atomic E-state index is 5.85. The molecule has 0 aliphatic rings. The van der Waals surface area contributed by atoms with Crippen LogP contribution in [0, 0.1) is 0 Å². The number of ether oxygens (including phenoxy) is 1. The van der Waals surface area contributed by atoms with E-state index in [1.807, 2.05) is 36.5 Å². The van der Waals surface area contributed by atoms with Crippen LogP contribution >= 0.6 is 15.9 Å². The minimum absolute atomic E-state index is 0.424. The van der Waals surface area contributed by atoms with E-state index in [2.05, 4.69) is 31.4 Å². The Labute approximate surface area is 131 Å². The predicted octanol–water partition coefficient (Wildman–Crippen LogP) is 3.15. The third-order valence-electron chi connectivity index (χ3n) is 3.51. The van der Waals surface area contributed by atoms with E-state index in [-0.39, 0.29) is 0 Å². The quantitative estimate of drug-likeness (QED) is 0.790. The van der Waals surface area contributed by atoms with Crippen LogP contribution in [0.25, 0.3) is 5.65 Å². The Bertz CT molecular complexity index is 782. The summed E-state index contributed by atoms with van der Waals surface area (Å²) in [4.78, 5) is 4.59. The second-order valence-electron chi connectivity index (χ2n) is 4.77. The Hall–Kier alpha value is -1.85. The summed E-state index contributed by atoms with van der Waals surface area (Å²) in [5.41, 5.74) is 9.90. The molecule has 0 unspecified atom stereocenters. The fourth-order valence-electron chi connectivity index (χ4n) is 2.51. The van der Waals surface area contributed by atoms with Crippen LogP contribution in [0.4, 0.5) is 0 Å². The molecule has 4 nitrogen and oxygen atoms in total. The van der Waals surface area contributed by atoms with Crippen molar-refractivity contribution in [1.29, 1.82) is 0 Å². The lowest BCUT2D eigenvalue weighted by Crippen LogP contribution is -2.04. The van der Waals surface area contributed by atoms with Crippen LogP contribution in [0.15, 0.2) is 47.1 Å². The van der Waals surface area contributed by atoms with Gasteiger partial charge in [0.15, 0.2) is 0 Å². The number of rotatable bonds is 4. The molecular weight excluding hydrogens is 330 g/mol. The Morgan fingerprint density at radius 2 is 2.14 bits per heavy atom. The highest BCUT2D eigenvalue weighted by Gasteiger charge is 2.13. The number of methoxy groups -OCH3 is 1. The second kappa shape index (κ2) is 5.87. The number of aromatic nitrogens is 2. The molecule has 3 rings (SSSR count). The number of benzene rings is 1. The SMILES string of the molecule is COc1ccc(Br)cc1Cc1c(CN)nc2ccccn12. The zero-order chi connectivity index (χ0) is 14.8. The van der Waals surface area contributed by atoms with Crippen molar-refractivity contribution in [2.75, 3.05) is 7.11 Å². The minimum atomic E-state index is 0.424. The van der Waals surface area contributed by atoms with Gasteiger partial charge in [0.25, 0.3) is 0 Å². The van der Waals surface area contributed by atoms with E-state index in [4.69, 9.17) is 10.5 Å². The Morgan fingerprint density at radius 1 is 1.29 bits per heavy atom. The van der Waals surface area contributed by atoms with E-state index >= 15 is 0 Å². The van der Waals surface area contributed by atoms with Crippen LogP contribution in [-0.4, -0.2) is 16.5 Å². The molecule has 2 N–H and O–H groups in total. The average molecular weight is 346 g/mol. The van der Waals surface area contributed by atoms with Gasteiger partial charge in [0.05, 0.1) is 18.5 Å². The van der Waals surface area contributed by atoms with Gasteiger partial charge in [-0.05, 0) is 30.3 Å². The topological polar surface area (TPSA) is 52.5 Å². The van der Waals surface area contributed by atoms with Gasteiger partial charge in [0.2, 0.25) is 0 Å². The summed E-state index contributed by atoms with van der Waals surface area (Å²) < 4.78 is 8.57. The first-order chi connectivity index (χ1) is 10.2. The van der Waals surface area contributed by atoms with E-state index in [0.717, 1.165) is 39.2 Å². The van der Waals surface area contributed by atoms with E-state index in [1.54, 1.807) is 7.11 Å². The second-order valence-corrected chi connectivity index (χ2v) is 5.69. The Balaban J connectivity index is 2.11. The average Bonchev–Trinajstić information content (AvgIpc) is 2.86. The zero-order valence-electron chi connectivity index (χ0n) is 11.7. The van der Waals surface area contributed by atoms with Gasteiger partial charge in [-0.2, -0.15) is 0 Å². The van der Waals surface area contributed by atoms with Crippen molar-refractivity contribution >= 4 is 21.6 Å². The first kappa shape index (κ1) is 14.1. The summed E-state index contributed by atoms with van der Waals surface area (Å²) in [7, 11) is 1.69. The number of hydrogen-bond acceptors (Lipinski definition) is 3. The molecule has 108 valence electrons. The molecule has 0 fully saturated rings. The lowest BCUT2D eigenvalue weighted by molar-refractivity contribution is 0.410. The largest absolute Gasteiger partial charge is 0.496 e. The highest BCUT2D eigenvalue weighted by Crippen LogP contribution is 2.26. The molecular formula is C16H16BrN3O. The van der Waals surface area contributed by atoms with Gasteiger partial charge >= 0.3 is 0 Å². The van der Waals surface area contributed by atoms with Gasteiger partial charge in [-0.25, -0.2) is 4.98 Å². The predicted molar refractivity (Wildman–Crippen MR) is 86.6 cm³/mol. The lowest BCUT2D eigenvalue weighted by Gasteiger charge is -2.10. The van der Waals surface area contributed by atoms with E-state index in [1.165, 1.54) is 0 Å². The van der Waals surface area contributed by atoms with Gasteiger partial charge < -0.3 is 14.9 Å². The number of fused-ring (bicyclic) bond motifs is 1.